The van der Waals surface area contributed by atoms with Crippen LogP contribution in [0, 0.1) is 0 Å². The van der Waals surface area contributed by atoms with Crippen LogP contribution in [0.3, 0.4) is 0 Å². The van der Waals surface area contributed by atoms with Crippen molar-refractivity contribution < 1.29 is 5.11 Å². The number of halogens is 1. The molecule has 1 heterocycles. The monoisotopic (exact) mass is 303 g/mol. The van der Waals surface area contributed by atoms with Crippen LogP contribution in [0.4, 0.5) is 5.82 Å². The van der Waals surface area contributed by atoms with Gasteiger partial charge in [-0.1, -0.05) is 54.8 Å². The van der Waals surface area contributed by atoms with E-state index in [1.54, 1.807) is 6.07 Å². The van der Waals surface area contributed by atoms with E-state index in [0.717, 1.165) is 31.2 Å². The molecule has 0 amide bonds. The quantitative estimate of drug-likeness (QED) is 0.852. The van der Waals surface area contributed by atoms with Gasteiger partial charge in [0.1, 0.15) is 11.0 Å². The van der Waals surface area contributed by atoms with Gasteiger partial charge in [-0.3, -0.25) is 0 Å². The fraction of sp³-hybridized carbons (Fsp3) is 0.375. The summed E-state index contributed by atoms with van der Waals surface area (Å²) in [5.41, 5.74) is 0.923. The van der Waals surface area contributed by atoms with E-state index in [1.165, 1.54) is 0 Å². The molecule has 1 saturated carbocycles. The van der Waals surface area contributed by atoms with E-state index >= 15 is 0 Å². The minimum atomic E-state index is -0.326. The minimum Gasteiger partial charge on any atom is -0.391 e. The largest absolute Gasteiger partial charge is 0.391 e. The summed E-state index contributed by atoms with van der Waals surface area (Å²) in [4.78, 5) is 8.78. The third-order valence-corrected chi connectivity index (χ3v) is 3.98. The first-order valence-electron chi connectivity index (χ1n) is 7.27. The van der Waals surface area contributed by atoms with E-state index in [-0.39, 0.29) is 12.1 Å². The zero-order valence-corrected chi connectivity index (χ0v) is 12.4. The molecule has 4 nitrogen and oxygen atoms in total. The van der Waals surface area contributed by atoms with E-state index in [2.05, 4.69) is 15.3 Å². The number of aliphatic hydroxyl groups excluding tert-OH is 1. The van der Waals surface area contributed by atoms with Crippen LogP contribution in [-0.2, 0) is 0 Å². The second-order valence-corrected chi connectivity index (χ2v) is 5.76. The number of nitrogens with one attached hydrogen (secondary N) is 1. The Balaban J connectivity index is 1.84. The van der Waals surface area contributed by atoms with Gasteiger partial charge in [-0.15, -0.1) is 0 Å². The van der Waals surface area contributed by atoms with Gasteiger partial charge >= 0.3 is 0 Å². The fourth-order valence-electron chi connectivity index (χ4n) is 2.68. The Morgan fingerprint density at radius 1 is 1.10 bits per heavy atom. The summed E-state index contributed by atoms with van der Waals surface area (Å²) in [5, 5.41) is 13.7. The second kappa shape index (κ2) is 6.41. The van der Waals surface area contributed by atoms with Gasteiger partial charge in [0.2, 0.25) is 0 Å². The highest BCUT2D eigenvalue weighted by atomic mass is 35.5. The number of anilines is 1. The molecule has 0 saturated heterocycles. The molecule has 2 aromatic rings. The molecule has 0 spiro atoms. The molecule has 0 bridgehead atoms. The molecule has 2 N–H and O–H groups in total. The minimum absolute atomic E-state index is 0.0355. The molecular formula is C16H18ClN3O. The van der Waals surface area contributed by atoms with E-state index in [4.69, 9.17) is 11.6 Å². The van der Waals surface area contributed by atoms with Gasteiger partial charge < -0.3 is 10.4 Å². The maximum absolute atomic E-state index is 10.0. The Labute approximate surface area is 129 Å². The van der Waals surface area contributed by atoms with E-state index in [9.17, 15) is 5.11 Å². The average Bonchev–Trinajstić information content (AvgIpc) is 2.50. The van der Waals surface area contributed by atoms with Crippen LogP contribution in [0.5, 0.6) is 0 Å². The number of hydrogen-bond acceptors (Lipinski definition) is 4. The summed E-state index contributed by atoms with van der Waals surface area (Å²) in [6, 6.07) is 11.5. The summed E-state index contributed by atoms with van der Waals surface area (Å²) in [6.45, 7) is 0. The first-order chi connectivity index (χ1) is 10.2. The highest BCUT2D eigenvalue weighted by Gasteiger charge is 2.23. The molecule has 110 valence electrons. The SMILES string of the molecule is OC1CCCCC1Nc1cc(Cl)nc(-c2ccccc2)n1. The van der Waals surface area contributed by atoms with Crippen LogP contribution in [0.15, 0.2) is 36.4 Å². The van der Waals surface area contributed by atoms with Crippen LogP contribution in [-0.4, -0.2) is 27.2 Å². The van der Waals surface area contributed by atoms with Crippen molar-refractivity contribution in [3.63, 3.8) is 0 Å². The average molecular weight is 304 g/mol. The molecule has 5 heteroatoms. The molecule has 2 atom stereocenters. The molecule has 0 radical (unpaired) electrons. The lowest BCUT2D eigenvalue weighted by Crippen LogP contribution is -2.36. The highest BCUT2D eigenvalue weighted by molar-refractivity contribution is 6.29. The molecule has 3 rings (SSSR count). The van der Waals surface area contributed by atoms with Gasteiger partial charge in [0.15, 0.2) is 5.82 Å². The van der Waals surface area contributed by atoms with E-state index in [1.807, 2.05) is 30.3 Å². The van der Waals surface area contributed by atoms with Crippen molar-refractivity contribution in [3.8, 4) is 11.4 Å². The maximum atomic E-state index is 10.0. The number of hydrogen-bond donors (Lipinski definition) is 2. The first-order valence-corrected chi connectivity index (χ1v) is 7.65. The third-order valence-electron chi connectivity index (χ3n) is 3.79. The number of benzene rings is 1. The first kappa shape index (κ1) is 14.3. The molecule has 1 aromatic heterocycles. The van der Waals surface area contributed by atoms with Crippen molar-refractivity contribution in [2.45, 2.75) is 37.8 Å². The maximum Gasteiger partial charge on any atom is 0.163 e. The Hall–Kier alpha value is -1.65. The Kier molecular flexibility index (Phi) is 4.36. The fourth-order valence-corrected chi connectivity index (χ4v) is 2.86. The number of aliphatic hydroxyl groups is 1. The number of rotatable bonds is 3. The number of nitrogens with zero attached hydrogens (tertiary/aromatic N) is 2. The van der Waals surface area contributed by atoms with Crippen molar-refractivity contribution in [2.75, 3.05) is 5.32 Å². The van der Waals surface area contributed by atoms with Crippen molar-refractivity contribution in [1.29, 1.82) is 0 Å². The molecule has 2 unspecified atom stereocenters. The zero-order valence-electron chi connectivity index (χ0n) is 11.7. The molecular weight excluding hydrogens is 286 g/mol. The summed E-state index contributed by atoms with van der Waals surface area (Å²) >= 11 is 6.10. The highest BCUT2D eigenvalue weighted by Crippen LogP contribution is 2.24. The van der Waals surface area contributed by atoms with Gasteiger partial charge in [0, 0.05) is 11.6 Å². The topological polar surface area (TPSA) is 58.0 Å². The molecule has 1 aliphatic rings. The molecule has 21 heavy (non-hydrogen) atoms. The van der Waals surface area contributed by atoms with Crippen molar-refractivity contribution in [1.82, 2.24) is 9.97 Å². The van der Waals surface area contributed by atoms with Crippen LogP contribution in [0.25, 0.3) is 11.4 Å². The number of aromatic nitrogens is 2. The standard InChI is InChI=1S/C16H18ClN3O/c17-14-10-15(18-12-8-4-5-9-13(12)21)20-16(19-14)11-6-2-1-3-7-11/h1-3,6-7,10,12-13,21H,4-5,8-9H2,(H,18,19,20). The molecule has 1 fully saturated rings. The summed E-state index contributed by atoms with van der Waals surface area (Å²) in [6.07, 6.45) is 3.66. The van der Waals surface area contributed by atoms with Crippen molar-refractivity contribution in [3.05, 3.63) is 41.6 Å². The van der Waals surface area contributed by atoms with Crippen LogP contribution < -0.4 is 5.32 Å². The molecule has 1 aromatic carbocycles. The summed E-state index contributed by atoms with van der Waals surface area (Å²) in [7, 11) is 0. The lowest BCUT2D eigenvalue weighted by molar-refractivity contribution is 0.116. The third kappa shape index (κ3) is 3.52. The second-order valence-electron chi connectivity index (χ2n) is 5.37. The van der Waals surface area contributed by atoms with Crippen LogP contribution >= 0.6 is 11.6 Å². The van der Waals surface area contributed by atoms with E-state index in [0.29, 0.717) is 16.8 Å². The Bertz CT molecular complexity index is 606. The predicted molar refractivity (Wildman–Crippen MR) is 84.4 cm³/mol. The van der Waals surface area contributed by atoms with Gasteiger partial charge in [0.25, 0.3) is 0 Å². The van der Waals surface area contributed by atoms with Gasteiger partial charge in [-0.2, -0.15) is 0 Å². The van der Waals surface area contributed by atoms with E-state index < -0.39 is 0 Å². The van der Waals surface area contributed by atoms with Crippen molar-refractivity contribution in [2.24, 2.45) is 0 Å². The normalized spacial score (nSPS) is 22.0. The zero-order chi connectivity index (χ0) is 14.7. The van der Waals surface area contributed by atoms with Gasteiger partial charge in [-0.25, -0.2) is 9.97 Å². The van der Waals surface area contributed by atoms with Crippen LogP contribution in [0.2, 0.25) is 5.15 Å². The lowest BCUT2D eigenvalue weighted by Gasteiger charge is -2.28. The molecule has 0 aliphatic heterocycles. The Morgan fingerprint density at radius 2 is 1.86 bits per heavy atom. The van der Waals surface area contributed by atoms with Crippen LogP contribution in [0.1, 0.15) is 25.7 Å². The molecule has 1 aliphatic carbocycles. The van der Waals surface area contributed by atoms with Gasteiger partial charge in [0.05, 0.1) is 12.1 Å². The van der Waals surface area contributed by atoms with Gasteiger partial charge in [-0.05, 0) is 12.8 Å². The smallest absolute Gasteiger partial charge is 0.163 e. The summed E-state index contributed by atoms with van der Waals surface area (Å²) < 4.78 is 0. The predicted octanol–water partition coefficient (Wildman–Crippen LogP) is 3.51. The Morgan fingerprint density at radius 3 is 2.62 bits per heavy atom. The summed E-state index contributed by atoms with van der Waals surface area (Å²) in [5.74, 6) is 1.26. The van der Waals surface area contributed by atoms with Crippen molar-refractivity contribution >= 4 is 17.4 Å². The lowest BCUT2D eigenvalue weighted by atomic mass is 9.93.